The number of nitrogens with one attached hydrogen (secondary N) is 3. The molecule has 0 bridgehead atoms. The van der Waals surface area contributed by atoms with Gasteiger partial charge in [0.25, 0.3) is 0 Å². The number of hydrogen-bond acceptors (Lipinski definition) is 4. The van der Waals surface area contributed by atoms with Crippen LogP contribution in [0.1, 0.15) is 11.3 Å². The van der Waals surface area contributed by atoms with Gasteiger partial charge in [0.1, 0.15) is 12.1 Å². The monoisotopic (exact) mass is 382 g/mol. The summed E-state index contributed by atoms with van der Waals surface area (Å²) in [6, 6.07) is 8.13. The van der Waals surface area contributed by atoms with Crippen molar-refractivity contribution in [2.45, 2.75) is 25.0 Å². The third-order valence-corrected chi connectivity index (χ3v) is 5.13. The molecule has 9 nitrogen and oxygen atoms in total. The molecule has 146 valence electrons. The molecule has 2 aliphatic heterocycles. The van der Waals surface area contributed by atoms with Crippen molar-refractivity contribution in [2.24, 2.45) is 0 Å². The molecule has 0 spiro atoms. The lowest BCUT2D eigenvalue weighted by Crippen LogP contribution is -2.70. The number of nitrogens with zero attached hydrogens (tertiary/aromatic N) is 3. The Kier molecular flexibility index (Phi) is 4.96. The van der Waals surface area contributed by atoms with Gasteiger partial charge in [-0.25, -0.2) is 9.78 Å². The van der Waals surface area contributed by atoms with E-state index in [1.165, 1.54) is 0 Å². The molecule has 2 aromatic rings. The van der Waals surface area contributed by atoms with E-state index in [1.807, 2.05) is 30.3 Å². The molecule has 2 saturated heterocycles. The number of piperazine rings is 2. The third-order valence-electron chi connectivity index (χ3n) is 5.13. The van der Waals surface area contributed by atoms with Gasteiger partial charge in [-0.2, -0.15) is 0 Å². The molecule has 4 amide bonds. The van der Waals surface area contributed by atoms with Gasteiger partial charge < -0.3 is 25.4 Å². The van der Waals surface area contributed by atoms with E-state index in [-0.39, 0.29) is 24.4 Å². The summed E-state index contributed by atoms with van der Waals surface area (Å²) < 4.78 is 0. The number of aromatic amines is 1. The first-order valence-electron chi connectivity index (χ1n) is 9.26. The van der Waals surface area contributed by atoms with Crippen LogP contribution < -0.4 is 10.6 Å². The van der Waals surface area contributed by atoms with Gasteiger partial charge in [0.2, 0.25) is 11.8 Å². The van der Waals surface area contributed by atoms with Crippen LogP contribution in [-0.4, -0.2) is 69.3 Å². The van der Waals surface area contributed by atoms with Gasteiger partial charge in [0.05, 0.1) is 12.9 Å². The zero-order valence-corrected chi connectivity index (χ0v) is 15.3. The van der Waals surface area contributed by atoms with E-state index in [9.17, 15) is 14.4 Å². The Bertz CT molecular complexity index is 854. The molecule has 0 saturated carbocycles. The van der Waals surface area contributed by atoms with Crippen LogP contribution in [0.25, 0.3) is 0 Å². The molecule has 0 unspecified atom stereocenters. The molecule has 2 fully saturated rings. The number of H-pyrrole nitrogens is 1. The zero-order chi connectivity index (χ0) is 19.5. The van der Waals surface area contributed by atoms with Crippen molar-refractivity contribution in [1.82, 2.24) is 30.4 Å². The highest BCUT2D eigenvalue weighted by Gasteiger charge is 2.44. The lowest BCUT2D eigenvalue weighted by Gasteiger charge is -2.45. The van der Waals surface area contributed by atoms with E-state index in [4.69, 9.17) is 0 Å². The predicted molar refractivity (Wildman–Crippen MR) is 100.0 cm³/mol. The van der Waals surface area contributed by atoms with E-state index in [0.29, 0.717) is 26.1 Å². The second-order valence-corrected chi connectivity index (χ2v) is 6.98. The molecule has 0 radical (unpaired) electrons. The van der Waals surface area contributed by atoms with E-state index in [0.717, 1.165) is 11.3 Å². The smallest absolute Gasteiger partial charge is 0.317 e. The second-order valence-electron chi connectivity index (χ2n) is 6.98. The maximum atomic E-state index is 12.8. The average Bonchev–Trinajstić information content (AvgIpc) is 3.23. The minimum absolute atomic E-state index is 0.122. The van der Waals surface area contributed by atoms with Crippen LogP contribution in [0.4, 0.5) is 4.79 Å². The number of hydrogen-bond donors (Lipinski definition) is 3. The molecule has 2 aliphatic rings. The first kappa shape index (κ1) is 18.0. The number of imidazole rings is 1. The van der Waals surface area contributed by atoms with E-state index in [1.54, 1.807) is 22.3 Å². The molecule has 1 aromatic heterocycles. The molecule has 28 heavy (non-hydrogen) atoms. The van der Waals surface area contributed by atoms with E-state index in [2.05, 4.69) is 20.6 Å². The Morgan fingerprint density at radius 3 is 2.79 bits per heavy atom. The zero-order valence-electron chi connectivity index (χ0n) is 15.3. The van der Waals surface area contributed by atoms with E-state index < -0.39 is 12.1 Å². The molecule has 0 aliphatic carbocycles. The Morgan fingerprint density at radius 1 is 1.21 bits per heavy atom. The molecule has 3 N–H and O–H groups in total. The van der Waals surface area contributed by atoms with Gasteiger partial charge in [-0.3, -0.25) is 9.59 Å². The highest BCUT2D eigenvalue weighted by atomic mass is 16.2. The topological polar surface area (TPSA) is 110 Å². The number of carbonyl (C=O) groups excluding carboxylic acids is 3. The Morgan fingerprint density at radius 2 is 2.04 bits per heavy atom. The normalized spacial score (nSPS) is 21.9. The lowest BCUT2D eigenvalue weighted by atomic mass is 10.0. The van der Waals surface area contributed by atoms with Crippen LogP contribution in [0.3, 0.4) is 0 Å². The predicted octanol–water partition coefficient (Wildman–Crippen LogP) is -0.127. The minimum Gasteiger partial charge on any atom is -0.348 e. The van der Waals surface area contributed by atoms with Crippen molar-refractivity contribution in [3.63, 3.8) is 0 Å². The van der Waals surface area contributed by atoms with Crippen molar-refractivity contribution in [1.29, 1.82) is 0 Å². The number of benzene rings is 1. The van der Waals surface area contributed by atoms with Gasteiger partial charge in [-0.15, -0.1) is 0 Å². The fraction of sp³-hybridized carbons (Fsp3) is 0.368. The average molecular weight is 382 g/mol. The fourth-order valence-electron chi connectivity index (χ4n) is 3.63. The molecule has 1 aromatic carbocycles. The van der Waals surface area contributed by atoms with Crippen molar-refractivity contribution < 1.29 is 14.4 Å². The molecular weight excluding hydrogens is 360 g/mol. The summed E-state index contributed by atoms with van der Waals surface area (Å²) >= 11 is 0. The van der Waals surface area contributed by atoms with Crippen LogP contribution in [0.2, 0.25) is 0 Å². The van der Waals surface area contributed by atoms with Crippen LogP contribution in [-0.2, 0) is 22.6 Å². The van der Waals surface area contributed by atoms with Gasteiger partial charge >= 0.3 is 6.03 Å². The maximum Gasteiger partial charge on any atom is 0.317 e. The minimum atomic E-state index is -0.651. The van der Waals surface area contributed by atoms with Crippen molar-refractivity contribution >= 4 is 17.8 Å². The SMILES string of the molecule is O=C1N[C@@H](Cc2cnc[nH]2)C(=O)N2CCN(C(=O)NCc3ccccc3)C[C@H]12. The summed E-state index contributed by atoms with van der Waals surface area (Å²) in [5, 5.41) is 5.65. The van der Waals surface area contributed by atoms with Crippen LogP contribution in [0.5, 0.6) is 0 Å². The Hall–Kier alpha value is -3.36. The van der Waals surface area contributed by atoms with Gasteiger partial charge in [-0.1, -0.05) is 30.3 Å². The van der Waals surface area contributed by atoms with Gasteiger partial charge in [-0.05, 0) is 5.56 Å². The highest BCUT2D eigenvalue weighted by Crippen LogP contribution is 2.18. The summed E-state index contributed by atoms with van der Waals surface area (Å²) in [5.74, 6) is -0.354. The summed E-state index contributed by atoms with van der Waals surface area (Å²) in [6.07, 6.45) is 3.55. The van der Waals surface area contributed by atoms with Crippen molar-refractivity contribution in [2.75, 3.05) is 19.6 Å². The van der Waals surface area contributed by atoms with Crippen LogP contribution >= 0.6 is 0 Å². The van der Waals surface area contributed by atoms with Crippen LogP contribution in [0.15, 0.2) is 42.9 Å². The molecule has 2 atom stereocenters. The van der Waals surface area contributed by atoms with E-state index >= 15 is 0 Å². The molecule has 3 heterocycles. The number of aromatic nitrogens is 2. The molecule has 9 heteroatoms. The second kappa shape index (κ2) is 7.71. The highest BCUT2D eigenvalue weighted by molar-refractivity contribution is 5.97. The number of rotatable bonds is 4. The number of amides is 4. The Labute approximate surface area is 162 Å². The first-order chi connectivity index (χ1) is 13.6. The first-order valence-corrected chi connectivity index (χ1v) is 9.26. The van der Waals surface area contributed by atoms with Gasteiger partial charge in [0.15, 0.2) is 0 Å². The summed E-state index contributed by atoms with van der Waals surface area (Å²) in [7, 11) is 0. The third kappa shape index (κ3) is 3.68. The Balaban J connectivity index is 1.35. The number of fused-ring (bicyclic) bond motifs is 1. The van der Waals surface area contributed by atoms with Crippen molar-refractivity contribution in [3.05, 3.63) is 54.1 Å². The number of carbonyl (C=O) groups is 3. The van der Waals surface area contributed by atoms with Crippen LogP contribution in [0, 0.1) is 0 Å². The largest absolute Gasteiger partial charge is 0.348 e. The summed E-state index contributed by atoms with van der Waals surface area (Å²) in [5.41, 5.74) is 1.79. The quantitative estimate of drug-likeness (QED) is 0.684. The van der Waals surface area contributed by atoms with Crippen molar-refractivity contribution in [3.8, 4) is 0 Å². The lowest BCUT2D eigenvalue weighted by molar-refractivity contribution is -0.152. The molecular formula is C19H22N6O3. The fourth-order valence-corrected chi connectivity index (χ4v) is 3.63. The van der Waals surface area contributed by atoms with Gasteiger partial charge in [0, 0.05) is 37.9 Å². The summed E-state index contributed by atoms with van der Waals surface area (Å²) in [4.78, 5) is 47.9. The number of urea groups is 1. The summed E-state index contributed by atoms with van der Waals surface area (Å²) in [6.45, 7) is 1.35. The standard InChI is InChI=1S/C19H22N6O3/c26-17-16-11-24(19(28)21-9-13-4-2-1-3-5-13)6-7-25(16)18(27)15(23-17)8-14-10-20-12-22-14/h1-5,10,12,15-16H,6-9,11H2,(H,20,22)(H,21,28)(H,23,26)/t15-,16+/m0/s1. The maximum absolute atomic E-state index is 12.8. The molecule has 4 rings (SSSR count).